The summed E-state index contributed by atoms with van der Waals surface area (Å²) in [7, 11) is 0. The summed E-state index contributed by atoms with van der Waals surface area (Å²) >= 11 is 0. The van der Waals surface area contributed by atoms with Gasteiger partial charge in [0.05, 0.1) is 6.42 Å². The molecule has 0 unspecified atom stereocenters. The Balaban J connectivity index is 1.76. The Hall–Kier alpha value is -2.56. The third-order valence-corrected chi connectivity index (χ3v) is 2.92. The molecule has 1 aromatic carbocycles. The van der Waals surface area contributed by atoms with Gasteiger partial charge in [0.1, 0.15) is 5.76 Å². The van der Waals surface area contributed by atoms with Crippen LogP contribution in [0.25, 0.3) is 10.9 Å². The second-order valence-corrected chi connectivity index (χ2v) is 4.41. The normalized spacial score (nSPS) is 10.8. The van der Waals surface area contributed by atoms with E-state index in [9.17, 15) is 4.79 Å². The van der Waals surface area contributed by atoms with Gasteiger partial charge in [-0.2, -0.15) is 0 Å². The maximum absolute atomic E-state index is 11.9. The van der Waals surface area contributed by atoms with E-state index < -0.39 is 0 Å². The van der Waals surface area contributed by atoms with Crippen LogP contribution in [0.1, 0.15) is 11.3 Å². The first-order chi connectivity index (χ1) is 9.22. The van der Waals surface area contributed by atoms with Crippen molar-refractivity contribution in [2.24, 2.45) is 0 Å². The van der Waals surface area contributed by atoms with E-state index in [1.807, 2.05) is 30.5 Å². The van der Waals surface area contributed by atoms with Gasteiger partial charge in [0.15, 0.2) is 5.82 Å². The van der Waals surface area contributed by atoms with Gasteiger partial charge in [-0.05, 0) is 18.6 Å². The van der Waals surface area contributed by atoms with E-state index in [0.29, 0.717) is 18.0 Å². The summed E-state index contributed by atoms with van der Waals surface area (Å²) in [4.78, 5) is 15.1. The zero-order valence-corrected chi connectivity index (χ0v) is 10.4. The monoisotopic (exact) mass is 255 g/mol. The second kappa shape index (κ2) is 4.61. The molecule has 19 heavy (non-hydrogen) atoms. The molecule has 0 aliphatic rings. The second-order valence-electron chi connectivity index (χ2n) is 4.41. The Kier molecular flexibility index (Phi) is 2.79. The first-order valence-corrected chi connectivity index (χ1v) is 6.00. The molecule has 0 atom stereocenters. The van der Waals surface area contributed by atoms with Crippen molar-refractivity contribution in [1.82, 2.24) is 10.1 Å². The van der Waals surface area contributed by atoms with Crippen LogP contribution >= 0.6 is 0 Å². The number of hydrogen-bond acceptors (Lipinski definition) is 3. The van der Waals surface area contributed by atoms with E-state index in [-0.39, 0.29) is 5.91 Å². The van der Waals surface area contributed by atoms with Crippen molar-refractivity contribution in [3.63, 3.8) is 0 Å². The topological polar surface area (TPSA) is 70.9 Å². The first-order valence-electron chi connectivity index (χ1n) is 6.00. The Morgan fingerprint density at radius 1 is 1.42 bits per heavy atom. The van der Waals surface area contributed by atoms with Crippen LogP contribution in [0.4, 0.5) is 5.82 Å². The molecular formula is C14H13N3O2. The quantitative estimate of drug-likeness (QED) is 0.755. The van der Waals surface area contributed by atoms with E-state index in [0.717, 1.165) is 16.5 Å². The van der Waals surface area contributed by atoms with E-state index in [1.54, 1.807) is 13.0 Å². The minimum Gasteiger partial charge on any atom is -0.361 e. The summed E-state index contributed by atoms with van der Waals surface area (Å²) in [5, 5.41) is 7.50. The summed E-state index contributed by atoms with van der Waals surface area (Å²) in [5.74, 6) is 1.00. The summed E-state index contributed by atoms with van der Waals surface area (Å²) in [6, 6.07) is 9.58. The smallest absolute Gasteiger partial charge is 0.230 e. The molecular weight excluding hydrogens is 242 g/mol. The fourth-order valence-corrected chi connectivity index (χ4v) is 2.06. The minimum absolute atomic E-state index is 0.113. The zero-order valence-electron chi connectivity index (χ0n) is 10.4. The van der Waals surface area contributed by atoms with Gasteiger partial charge in [-0.15, -0.1) is 0 Å². The van der Waals surface area contributed by atoms with Crippen molar-refractivity contribution in [1.29, 1.82) is 0 Å². The highest BCUT2D eigenvalue weighted by molar-refractivity contribution is 5.95. The van der Waals surface area contributed by atoms with Crippen molar-refractivity contribution in [2.75, 3.05) is 5.32 Å². The Bertz CT molecular complexity index is 727. The lowest BCUT2D eigenvalue weighted by molar-refractivity contribution is -0.115. The highest BCUT2D eigenvalue weighted by Crippen LogP contribution is 2.18. The Morgan fingerprint density at radius 2 is 2.26 bits per heavy atom. The van der Waals surface area contributed by atoms with Crippen LogP contribution in [0.2, 0.25) is 0 Å². The number of carbonyl (C=O) groups excluding carboxylic acids is 1. The van der Waals surface area contributed by atoms with Gasteiger partial charge in [0, 0.05) is 23.2 Å². The molecule has 0 aliphatic carbocycles. The number of nitrogens with zero attached hydrogens (tertiary/aromatic N) is 1. The third-order valence-electron chi connectivity index (χ3n) is 2.92. The molecule has 5 heteroatoms. The Morgan fingerprint density at radius 3 is 3.05 bits per heavy atom. The lowest BCUT2D eigenvalue weighted by Gasteiger charge is -2.00. The largest absolute Gasteiger partial charge is 0.361 e. The maximum Gasteiger partial charge on any atom is 0.230 e. The minimum atomic E-state index is -0.113. The SMILES string of the molecule is Cc1cc(NC(=O)Cc2c[nH]c3ccccc23)no1. The maximum atomic E-state index is 11.9. The highest BCUT2D eigenvalue weighted by Gasteiger charge is 2.10. The predicted molar refractivity (Wildman–Crippen MR) is 71.9 cm³/mol. The number of rotatable bonds is 3. The lowest BCUT2D eigenvalue weighted by Crippen LogP contribution is -2.14. The number of hydrogen-bond donors (Lipinski definition) is 2. The Labute approximate surface area is 109 Å². The van der Waals surface area contributed by atoms with Crippen LogP contribution in [-0.4, -0.2) is 16.0 Å². The summed E-state index contributed by atoms with van der Waals surface area (Å²) in [6.45, 7) is 1.78. The fourth-order valence-electron chi connectivity index (χ4n) is 2.06. The number of aromatic amines is 1. The average molecular weight is 255 g/mol. The molecule has 0 aliphatic heterocycles. The number of nitrogens with one attached hydrogen (secondary N) is 2. The molecule has 3 aromatic rings. The van der Waals surface area contributed by atoms with E-state index in [1.165, 1.54) is 0 Å². The van der Waals surface area contributed by atoms with Crippen LogP contribution in [0.3, 0.4) is 0 Å². The van der Waals surface area contributed by atoms with Crippen molar-refractivity contribution in [3.05, 3.63) is 47.9 Å². The predicted octanol–water partition coefficient (Wildman–Crippen LogP) is 2.65. The summed E-state index contributed by atoms with van der Waals surface area (Å²) in [6.07, 6.45) is 2.16. The first kappa shape index (κ1) is 11.5. The van der Waals surface area contributed by atoms with E-state index in [2.05, 4.69) is 15.5 Å². The molecule has 96 valence electrons. The van der Waals surface area contributed by atoms with Crippen molar-refractivity contribution < 1.29 is 9.32 Å². The van der Waals surface area contributed by atoms with Crippen molar-refractivity contribution in [3.8, 4) is 0 Å². The summed E-state index contributed by atoms with van der Waals surface area (Å²) in [5.41, 5.74) is 2.00. The number of carbonyl (C=O) groups is 1. The van der Waals surface area contributed by atoms with Crippen LogP contribution in [0, 0.1) is 6.92 Å². The van der Waals surface area contributed by atoms with Gasteiger partial charge in [-0.3, -0.25) is 4.79 Å². The van der Waals surface area contributed by atoms with Gasteiger partial charge in [0.25, 0.3) is 0 Å². The number of aryl methyl sites for hydroxylation is 1. The number of anilines is 1. The standard InChI is InChI=1S/C14H13N3O2/c1-9-6-13(17-19-9)16-14(18)7-10-8-15-12-5-3-2-4-11(10)12/h2-6,8,15H,7H2,1H3,(H,16,17,18). The van der Waals surface area contributed by atoms with Crippen LogP contribution < -0.4 is 5.32 Å². The van der Waals surface area contributed by atoms with Crippen LogP contribution in [0.5, 0.6) is 0 Å². The van der Waals surface area contributed by atoms with Crippen molar-refractivity contribution >= 4 is 22.6 Å². The third kappa shape index (κ3) is 2.35. The lowest BCUT2D eigenvalue weighted by atomic mass is 10.1. The van der Waals surface area contributed by atoms with Crippen LogP contribution in [0.15, 0.2) is 41.1 Å². The van der Waals surface area contributed by atoms with Crippen molar-refractivity contribution in [2.45, 2.75) is 13.3 Å². The van der Waals surface area contributed by atoms with Gasteiger partial charge >= 0.3 is 0 Å². The molecule has 1 amide bonds. The van der Waals surface area contributed by atoms with E-state index in [4.69, 9.17) is 4.52 Å². The number of para-hydroxylation sites is 1. The number of fused-ring (bicyclic) bond motifs is 1. The summed E-state index contributed by atoms with van der Waals surface area (Å²) < 4.78 is 4.90. The van der Waals surface area contributed by atoms with Gasteiger partial charge < -0.3 is 14.8 Å². The molecule has 0 saturated heterocycles. The number of aromatic nitrogens is 2. The molecule has 0 bridgehead atoms. The van der Waals surface area contributed by atoms with Gasteiger partial charge in [-0.1, -0.05) is 23.4 Å². The van der Waals surface area contributed by atoms with Gasteiger partial charge in [-0.25, -0.2) is 0 Å². The molecule has 2 heterocycles. The molecule has 2 aromatic heterocycles. The fraction of sp³-hybridized carbons (Fsp3) is 0.143. The molecule has 0 spiro atoms. The zero-order chi connectivity index (χ0) is 13.2. The average Bonchev–Trinajstić information content (AvgIpc) is 2.97. The molecule has 0 saturated carbocycles. The highest BCUT2D eigenvalue weighted by atomic mass is 16.5. The molecule has 3 rings (SSSR count). The number of amides is 1. The molecule has 2 N–H and O–H groups in total. The van der Waals surface area contributed by atoms with Crippen LogP contribution in [-0.2, 0) is 11.2 Å². The molecule has 5 nitrogen and oxygen atoms in total. The number of benzene rings is 1. The molecule has 0 radical (unpaired) electrons. The van der Waals surface area contributed by atoms with E-state index >= 15 is 0 Å². The molecule has 0 fully saturated rings. The number of H-pyrrole nitrogens is 1. The van der Waals surface area contributed by atoms with Gasteiger partial charge in [0.2, 0.25) is 5.91 Å².